The summed E-state index contributed by atoms with van der Waals surface area (Å²) in [5.41, 5.74) is 9.46. The fourth-order valence-electron chi connectivity index (χ4n) is 1.38. The van der Waals surface area contributed by atoms with Crippen molar-refractivity contribution in [1.29, 1.82) is 0 Å². The van der Waals surface area contributed by atoms with Crippen LogP contribution in [0.15, 0.2) is 24.4 Å². The first-order valence-corrected chi connectivity index (χ1v) is 6.01. The van der Waals surface area contributed by atoms with Crippen LogP contribution in [0.25, 0.3) is 5.57 Å². The molecule has 0 aromatic heterocycles. The number of benzene rings is 1. The van der Waals surface area contributed by atoms with Crippen molar-refractivity contribution in [3.63, 3.8) is 0 Å². The van der Waals surface area contributed by atoms with Crippen molar-refractivity contribution in [2.24, 2.45) is 5.73 Å². The Hall–Kier alpha value is -1.23. The van der Waals surface area contributed by atoms with Crippen molar-refractivity contribution in [1.82, 2.24) is 5.48 Å². The molecule has 98 valence electrons. The monoisotopic (exact) mass is 288 g/mol. The van der Waals surface area contributed by atoms with Gasteiger partial charge in [0.05, 0.1) is 17.2 Å². The molecule has 0 radical (unpaired) electrons. The quantitative estimate of drug-likeness (QED) is 0.791. The number of hydrogen-bond donors (Lipinski definition) is 2. The van der Waals surface area contributed by atoms with Gasteiger partial charge in [0.1, 0.15) is 0 Å². The summed E-state index contributed by atoms with van der Waals surface area (Å²) in [7, 11) is 1.50. The Morgan fingerprint density at radius 1 is 1.39 bits per heavy atom. The number of primary amides is 1. The van der Waals surface area contributed by atoms with E-state index in [0.717, 1.165) is 11.1 Å². The molecule has 3 N–H and O–H groups in total. The maximum atomic E-state index is 10.8. The molecule has 1 amide bonds. The van der Waals surface area contributed by atoms with Gasteiger partial charge in [-0.05, 0) is 29.7 Å². The smallest absolute Gasteiger partial charge is 0.217 e. The Morgan fingerprint density at radius 2 is 2.11 bits per heavy atom. The van der Waals surface area contributed by atoms with E-state index in [2.05, 4.69) is 5.48 Å². The Kier molecular flexibility index (Phi) is 5.98. The highest BCUT2D eigenvalue weighted by Gasteiger charge is 2.06. The lowest BCUT2D eigenvalue weighted by Gasteiger charge is -2.08. The molecular weight excluding hydrogens is 275 g/mol. The molecule has 1 aromatic rings. The first-order valence-electron chi connectivity index (χ1n) is 5.26. The van der Waals surface area contributed by atoms with Crippen LogP contribution in [0.3, 0.4) is 0 Å². The third kappa shape index (κ3) is 4.56. The van der Waals surface area contributed by atoms with Crippen LogP contribution in [0, 0.1) is 0 Å². The SMILES string of the molecule is CONC=C(CCC(N)=O)c1ccc(Cl)c(Cl)c1. The predicted molar refractivity (Wildman–Crippen MR) is 73.0 cm³/mol. The van der Waals surface area contributed by atoms with Crippen LogP contribution in [0.1, 0.15) is 18.4 Å². The van der Waals surface area contributed by atoms with Gasteiger partial charge in [0, 0.05) is 12.6 Å². The summed E-state index contributed by atoms with van der Waals surface area (Å²) in [6, 6.07) is 5.25. The fraction of sp³-hybridized carbons (Fsp3) is 0.250. The van der Waals surface area contributed by atoms with Crippen molar-refractivity contribution >= 4 is 34.7 Å². The summed E-state index contributed by atoms with van der Waals surface area (Å²) in [6.45, 7) is 0. The number of carbonyl (C=O) groups is 1. The minimum absolute atomic E-state index is 0.247. The first kappa shape index (κ1) is 14.8. The molecule has 0 aliphatic heterocycles. The molecule has 0 heterocycles. The zero-order chi connectivity index (χ0) is 13.5. The Bertz CT molecular complexity index is 461. The van der Waals surface area contributed by atoms with Crippen LogP contribution >= 0.6 is 23.2 Å². The second-order valence-electron chi connectivity index (χ2n) is 3.59. The standard InChI is InChI=1S/C12H14Cl2N2O2/c1-18-16-7-9(3-5-12(15)17)8-2-4-10(13)11(14)6-8/h2,4,6-7,16H,3,5H2,1H3,(H2,15,17). The third-order valence-corrected chi connectivity index (χ3v) is 3.02. The highest BCUT2D eigenvalue weighted by Crippen LogP contribution is 2.27. The Balaban J connectivity index is 2.93. The largest absolute Gasteiger partial charge is 0.370 e. The molecule has 0 saturated heterocycles. The Labute approximate surface area is 116 Å². The Morgan fingerprint density at radius 3 is 2.67 bits per heavy atom. The summed E-state index contributed by atoms with van der Waals surface area (Å²) in [5.74, 6) is -0.363. The predicted octanol–water partition coefficient (Wildman–Crippen LogP) is 2.75. The van der Waals surface area contributed by atoms with E-state index in [9.17, 15) is 4.79 Å². The van der Waals surface area contributed by atoms with Crippen LogP contribution in [0.2, 0.25) is 10.0 Å². The average molecular weight is 289 g/mol. The van der Waals surface area contributed by atoms with Crippen LogP contribution in [-0.2, 0) is 9.63 Å². The van der Waals surface area contributed by atoms with Crippen LogP contribution < -0.4 is 11.2 Å². The van der Waals surface area contributed by atoms with E-state index in [1.807, 2.05) is 6.07 Å². The third-order valence-electron chi connectivity index (χ3n) is 2.28. The average Bonchev–Trinajstić information content (AvgIpc) is 2.33. The normalized spacial score (nSPS) is 11.4. The summed E-state index contributed by atoms with van der Waals surface area (Å²) < 4.78 is 0. The maximum Gasteiger partial charge on any atom is 0.217 e. The lowest BCUT2D eigenvalue weighted by molar-refractivity contribution is -0.117. The van der Waals surface area contributed by atoms with Gasteiger partial charge in [-0.25, -0.2) is 0 Å². The minimum Gasteiger partial charge on any atom is -0.370 e. The first-order chi connectivity index (χ1) is 8.54. The van der Waals surface area contributed by atoms with Crippen molar-refractivity contribution in [2.75, 3.05) is 7.11 Å². The molecule has 0 fully saturated rings. The second kappa shape index (κ2) is 7.26. The van der Waals surface area contributed by atoms with E-state index in [1.54, 1.807) is 18.3 Å². The van der Waals surface area contributed by atoms with Crippen molar-refractivity contribution in [3.05, 3.63) is 40.0 Å². The van der Waals surface area contributed by atoms with E-state index in [4.69, 9.17) is 33.8 Å². The molecule has 0 spiro atoms. The summed E-state index contributed by atoms with van der Waals surface area (Å²) in [5, 5.41) is 0.936. The maximum absolute atomic E-state index is 10.8. The van der Waals surface area contributed by atoms with Crippen molar-refractivity contribution < 1.29 is 9.63 Å². The van der Waals surface area contributed by atoms with E-state index in [0.29, 0.717) is 16.5 Å². The number of rotatable bonds is 6. The van der Waals surface area contributed by atoms with Crippen molar-refractivity contribution in [2.45, 2.75) is 12.8 Å². The molecule has 0 unspecified atom stereocenters. The van der Waals surface area contributed by atoms with E-state index < -0.39 is 0 Å². The molecule has 18 heavy (non-hydrogen) atoms. The molecule has 0 atom stereocenters. The van der Waals surface area contributed by atoms with Crippen molar-refractivity contribution in [3.8, 4) is 0 Å². The van der Waals surface area contributed by atoms with Gasteiger partial charge in [-0.1, -0.05) is 29.3 Å². The minimum atomic E-state index is -0.363. The van der Waals surface area contributed by atoms with E-state index >= 15 is 0 Å². The van der Waals surface area contributed by atoms with Crippen LogP contribution in [0.4, 0.5) is 0 Å². The number of nitrogens with two attached hydrogens (primary N) is 1. The molecule has 6 heteroatoms. The van der Waals surface area contributed by atoms with Gasteiger partial charge < -0.3 is 5.73 Å². The topological polar surface area (TPSA) is 64.3 Å². The van der Waals surface area contributed by atoms with Gasteiger partial charge in [-0.2, -0.15) is 0 Å². The van der Waals surface area contributed by atoms with E-state index in [-0.39, 0.29) is 12.3 Å². The van der Waals surface area contributed by atoms with Gasteiger partial charge in [0.2, 0.25) is 5.91 Å². The van der Waals surface area contributed by atoms with Gasteiger partial charge >= 0.3 is 0 Å². The van der Waals surface area contributed by atoms with Gasteiger partial charge in [0.15, 0.2) is 0 Å². The molecule has 0 aliphatic carbocycles. The van der Waals surface area contributed by atoms with Gasteiger partial charge in [-0.15, -0.1) is 0 Å². The van der Waals surface area contributed by atoms with E-state index in [1.165, 1.54) is 7.11 Å². The fourth-order valence-corrected chi connectivity index (χ4v) is 1.68. The molecular formula is C12H14Cl2N2O2. The number of nitrogens with one attached hydrogen (secondary N) is 1. The molecule has 4 nitrogen and oxygen atoms in total. The molecule has 0 bridgehead atoms. The summed E-state index contributed by atoms with van der Waals surface area (Å²) in [6.07, 6.45) is 2.39. The van der Waals surface area contributed by atoms with Crippen LogP contribution in [-0.4, -0.2) is 13.0 Å². The molecule has 1 rings (SSSR count). The lowest BCUT2D eigenvalue weighted by Crippen LogP contribution is -2.11. The van der Waals surface area contributed by atoms with Gasteiger partial charge in [-0.3, -0.25) is 15.1 Å². The van der Waals surface area contributed by atoms with Gasteiger partial charge in [0.25, 0.3) is 0 Å². The number of allylic oxidation sites excluding steroid dienone is 1. The van der Waals surface area contributed by atoms with Crippen LogP contribution in [0.5, 0.6) is 0 Å². The molecule has 0 saturated carbocycles. The molecule has 0 aliphatic rings. The highest BCUT2D eigenvalue weighted by atomic mass is 35.5. The number of halogens is 2. The molecule has 1 aromatic carbocycles. The number of hydrogen-bond acceptors (Lipinski definition) is 3. The number of carbonyl (C=O) groups excluding carboxylic acids is 1. The second-order valence-corrected chi connectivity index (χ2v) is 4.40. The summed E-state index contributed by atoms with van der Waals surface area (Å²) >= 11 is 11.8. The highest BCUT2D eigenvalue weighted by molar-refractivity contribution is 6.42. The number of hydroxylamine groups is 1. The zero-order valence-electron chi connectivity index (χ0n) is 9.87. The lowest BCUT2D eigenvalue weighted by atomic mass is 10.0. The zero-order valence-corrected chi connectivity index (χ0v) is 11.4. The number of amides is 1. The summed E-state index contributed by atoms with van der Waals surface area (Å²) in [4.78, 5) is 15.6.